The van der Waals surface area contributed by atoms with Crippen molar-refractivity contribution in [2.75, 3.05) is 30.4 Å². The van der Waals surface area contributed by atoms with E-state index in [2.05, 4.69) is 31.0 Å². The SMILES string of the molecule is CCOCCNc1nc(Nc2cccc(CN)c2)nc2c(/C=C3\CC(=O)NC3=O)cnn12. The zero-order valence-electron chi connectivity index (χ0n) is 17.6. The van der Waals surface area contributed by atoms with Gasteiger partial charge in [0.2, 0.25) is 17.8 Å². The predicted molar refractivity (Wildman–Crippen MR) is 119 cm³/mol. The molecule has 3 aromatic rings. The number of aromatic nitrogens is 4. The molecule has 0 aliphatic carbocycles. The smallest absolute Gasteiger partial charge is 0.254 e. The molecule has 2 aromatic heterocycles. The van der Waals surface area contributed by atoms with Crippen molar-refractivity contribution in [3.63, 3.8) is 0 Å². The van der Waals surface area contributed by atoms with Gasteiger partial charge in [-0.25, -0.2) is 0 Å². The lowest BCUT2D eigenvalue weighted by Gasteiger charge is -2.11. The molecule has 0 bridgehead atoms. The predicted octanol–water partition coefficient (Wildman–Crippen LogP) is 1.20. The molecule has 0 unspecified atom stereocenters. The molecule has 11 nitrogen and oxygen atoms in total. The van der Waals surface area contributed by atoms with Crippen molar-refractivity contribution >= 4 is 41.1 Å². The fraction of sp³-hybridized carbons (Fsp3) is 0.286. The molecule has 0 radical (unpaired) electrons. The van der Waals surface area contributed by atoms with Crippen LogP contribution in [0.25, 0.3) is 11.7 Å². The molecular formula is C21H24N8O3. The van der Waals surface area contributed by atoms with Gasteiger partial charge in [-0.15, -0.1) is 0 Å². The minimum Gasteiger partial charge on any atom is -0.380 e. The van der Waals surface area contributed by atoms with Crippen LogP contribution in [0.5, 0.6) is 0 Å². The summed E-state index contributed by atoms with van der Waals surface area (Å²) in [5.74, 6) is 0.0738. The van der Waals surface area contributed by atoms with Crippen LogP contribution in [-0.2, 0) is 20.9 Å². The summed E-state index contributed by atoms with van der Waals surface area (Å²) < 4.78 is 6.94. The maximum Gasteiger partial charge on any atom is 0.254 e. The third kappa shape index (κ3) is 4.74. The Morgan fingerprint density at radius 2 is 2.19 bits per heavy atom. The van der Waals surface area contributed by atoms with E-state index < -0.39 is 5.91 Å². The Morgan fingerprint density at radius 1 is 1.31 bits per heavy atom. The molecule has 2 amide bonds. The number of carbonyl (C=O) groups excluding carboxylic acids is 2. The largest absolute Gasteiger partial charge is 0.380 e. The van der Waals surface area contributed by atoms with Gasteiger partial charge >= 0.3 is 0 Å². The Kier molecular flexibility index (Phi) is 6.38. The average Bonchev–Trinajstić information content (AvgIpc) is 3.33. The summed E-state index contributed by atoms with van der Waals surface area (Å²) in [4.78, 5) is 32.6. The van der Waals surface area contributed by atoms with Crippen molar-refractivity contribution < 1.29 is 14.3 Å². The summed E-state index contributed by atoms with van der Waals surface area (Å²) in [6.07, 6.45) is 3.23. The Balaban J connectivity index is 1.71. The van der Waals surface area contributed by atoms with Crippen molar-refractivity contribution in [3.8, 4) is 0 Å². The van der Waals surface area contributed by atoms with E-state index in [1.165, 1.54) is 0 Å². The number of imide groups is 1. The molecule has 32 heavy (non-hydrogen) atoms. The third-order valence-electron chi connectivity index (χ3n) is 4.77. The Bertz CT molecular complexity index is 1190. The summed E-state index contributed by atoms with van der Waals surface area (Å²) in [5, 5.41) is 13.0. The van der Waals surface area contributed by atoms with Crippen LogP contribution in [0.3, 0.4) is 0 Å². The quantitative estimate of drug-likeness (QED) is 0.220. The molecule has 1 aliphatic rings. The Labute approximate surface area is 184 Å². The monoisotopic (exact) mass is 436 g/mol. The molecular weight excluding hydrogens is 412 g/mol. The first-order valence-corrected chi connectivity index (χ1v) is 10.3. The van der Waals surface area contributed by atoms with Gasteiger partial charge in [0.1, 0.15) is 0 Å². The highest BCUT2D eigenvalue weighted by atomic mass is 16.5. The van der Waals surface area contributed by atoms with Gasteiger partial charge in [-0.2, -0.15) is 19.6 Å². The number of anilines is 3. The van der Waals surface area contributed by atoms with Crippen LogP contribution in [0, 0.1) is 0 Å². The summed E-state index contributed by atoms with van der Waals surface area (Å²) in [6, 6.07) is 7.64. The van der Waals surface area contributed by atoms with Crippen LogP contribution in [0.2, 0.25) is 0 Å². The number of hydrogen-bond acceptors (Lipinski definition) is 9. The first-order chi connectivity index (χ1) is 15.6. The van der Waals surface area contributed by atoms with E-state index in [4.69, 9.17) is 10.5 Å². The number of fused-ring (bicyclic) bond motifs is 1. The highest BCUT2D eigenvalue weighted by molar-refractivity contribution is 6.15. The van der Waals surface area contributed by atoms with Gasteiger partial charge in [0.15, 0.2) is 5.65 Å². The average molecular weight is 436 g/mol. The minimum absolute atomic E-state index is 0.0255. The van der Waals surface area contributed by atoms with Crippen LogP contribution in [0.15, 0.2) is 36.0 Å². The van der Waals surface area contributed by atoms with Gasteiger partial charge in [0.05, 0.1) is 19.2 Å². The maximum absolute atomic E-state index is 12.0. The zero-order valence-corrected chi connectivity index (χ0v) is 17.6. The summed E-state index contributed by atoms with van der Waals surface area (Å²) in [7, 11) is 0. The molecule has 1 aromatic carbocycles. The first kappa shape index (κ1) is 21.4. The molecule has 5 N–H and O–H groups in total. The van der Waals surface area contributed by atoms with Gasteiger partial charge in [-0.05, 0) is 30.7 Å². The number of hydrogen-bond donors (Lipinski definition) is 4. The molecule has 0 atom stereocenters. The van der Waals surface area contributed by atoms with Crippen LogP contribution in [0.4, 0.5) is 17.6 Å². The molecule has 0 saturated carbocycles. The number of nitrogens with zero attached hydrogens (tertiary/aromatic N) is 4. The van der Waals surface area contributed by atoms with Gasteiger partial charge in [0, 0.05) is 36.5 Å². The van der Waals surface area contributed by atoms with Crippen LogP contribution < -0.4 is 21.7 Å². The Hall–Kier alpha value is -3.83. The number of ether oxygens (including phenoxy) is 1. The van der Waals surface area contributed by atoms with E-state index in [1.807, 2.05) is 31.2 Å². The highest BCUT2D eigenvalue weighted by Gasteiger charge is 2.24. The van der Waals surface area contributed by atoms with Gasteiger partial charge < -0.3 is 21.1 Å². The van der Waals surface area contributed by atoms with Crippen molar-refractivity contribution in [1.82, 2.24) is 24.9 Å². The number of rotatable bonds is 9. The van der Waals surface area contributed by atoms with E-state index in [1.54, 1.807) is 16.8 Å². The van der Waals surface area contributed by atoms with Crippen molar-refractivity contribution in [1.29, 1.82) is 0 Å². The molecule has 0 spiro atoms. The van der Waals surface area contributed by atoms with Gasteiger partial charge in [-0.1, -0.05) is 12.1 Å². The standard InChI is InChI=1S/C21H24N8O3/c1-2-32-7-6-23-21-28-20(25-16-5-3-4-13(8-16)11-22)27-18-15(12-24-29(18)21)9-14-10-17(30)26-19(14)31/h3-5,8-9,12H,2,6-7,10-11,22H2,1H3,(H,26,30,31)(H2,23,25,27,28)/b14-9+. The lowest BCUT2D eigenvalue weighted by molar-refractivity contribution is -0.124. The molecule has 1 fully saturated rings. The second kappa shape index (κ2) is 9.54. The van der Waals surface area contributed by atoms with E-state index in [0.717, 1.165) is 11.3 Å². The highest BCUT2D eigenvalue weighted by Crippen LogP contribution is 2.22. The molecule has 11 heteroatoms. The van der Waals surface area contributed by atoms with Crippen LogP contribution in [-0.4, -0.2) is 51.2 Å². The lowest BCUT2D eigenvalue weighted by atomic mass is 10.1. The number of benzene rings is 1. The minimum atomic E-state index is -0.407. The molecule has 1 saturated heterocycles. The van der Waals surface area contributed by atoms with Gasteiger partial charge in [0.25, 0.3) is 5.91 Å². The van der Waals surface area contributed by atoms with Gasteiger partial charge in [-0.3, -0.25) is 14.9 Å². The molecule has 4 rings (SSSR count). The summed E-state index contributed by atoms with van der Waals surface area (Å²) in [6.45, 7) is 3.99. The summed E-state index contributed by atoms with van der Waals surface area (Å²) >= 11 is 0. The van der Waals surface area contributed by atoms with Crippen LogP contribution >= 0.6 is 0 Å². The fourth-order valence-electron chi connectivity index (χ4n) is 3.26. The Morgan fingerprint density at radius 3 is 2.94 bits per heavy atom. The number of amides is 2. The normalized spacial score (nSPS) is 14.9. The number of carbonyl (C=O) groups is 2. The molecule has 1 aliphatic heterocycles. The van der Waals surface area contributed by atoms with Crippen molar-refractivity contribution in [2.24, 2.45) is 5.73 Å². The number of nitrogens with two attached hydrogens (primary N) is 1. The second-order valence-corrected chi connectivity index (χ2v) is 7.08. The second-order valence-electron chi connectivity index (χ2n) is 7.08. The van der Waals surface area contributed by atoms with Crippen molar-refractivity contribution in [3.05, 3.63) is 47.2 Å². The van der Waals surface area contributed by atoms with Crippen molar-refractivity contribution in [2.45, 2.75) is 19.9 Å². The van der Waals surface area contributed by atoms with E-state index in [0.29, 0.717) is 55.0 Å². The van der Waals surface area contributed by atoms with Crippen LogP contribution in [0.1, 0.15) is 24.5 Å². The molecule has 3 heterocycles. The number of nitrogens with one attached hydrogen (secondary N) is 3. The lowest BCUT2D eigenvalue weighted by Crippen LogP contribution is -2.19. The van der Waals surface area contributed by atoms with E-state index in [9.17, 15) is 9.59 Å². The maximum atomic E-state index is 12.0. The van der Waals surface area contributed by atoms with E-state index in [-0.39, 0.29) is 12.3 Å². The molecule has 166 valence electrons. The third-order valence-corrected chi connectivity index (χ3v) is 4.77. The first-order valence-electron chi connectivity index (χ1n) is 10.3. The topological polar surface area (TPSA) is 149 Å². The fourth-order valence-corrected chi connectivity index (χ4v) is 3.26. The van der Waals surface area contributed by atoms with E-state index >= 15 is 0 Å². The summed E-state index contributed by atoms with van der Waals surface area (Å²) in [5.41, 5.74) is 8.94. The zero-order chi connectivity index (χ0) is 22.5.